The maximum absolute atomic E-state index is 12.1. The molecule has 28 heavy (non-hydrogen) atoms. The lowest BCUT2D eigenvalue weighted by atomic mass is 10.2. The lowest BCUT2D eigenvalue weighted by molar-refractivity contribution is -0.384. The summed E-state index contributed by atoms with van der Waals surface area (Å²) >= 11 is 1.06. The maximum atomic E-state index is 12.1. The molecule has 3 rings (SSSR count). The molecule has 0 fully saturated rings. The van der Waals surface area contributed by atoms with Crippen LogP contribution in [0.4, 0.5) is 5.69 Å². The number of nitro benzene ring substituents is 1. The first-order valence-corrected chi connectivity index (χ1v) is 8.99. The highest BCUT2D eigenvalue weighted by Crippen LogP contribution is 2.19. The van der Waals surface area contributed by atoms with Gasteiger partial charge in [0.15, 0.2) is 0 Å². The van der Waals surface area contributed by atoms with E-state index < -0.39 is 16.7 Å². The van der Waals surface area contributed by atoms with Crippen molar-refractivity contribution < 1.29 is 14.5 Å². The molecule has 0 saturated heterocycles. The van der Waals surface area contributed by atoms with E-state index in [4.69, 9.17) is 0 Å². The standard InChI is InChI=1S/C17H14N6O4S/c1-11-4-2-6-13(8-11)22-17(19-20-21-22)28-10-15(24)18-16(25)12-5-3-7-14(9-12)23(26)27/h2-9H,10H2,1H3,(H,18,24,25). The largest absolute Gasteiger partial charge is 0.292 e. The van der Waals surface area contributed by atoms with Gasteiger partial charge in [-0.15, -0.1) is 5.10 Å². The number of non-ortho nitro benzene ring substituents is 1. The van der Waals surface area contributed by atoms with Gasteiger partial charge in [0.1, 0.15) is 0 Å². The molecule has 0 aliphatic heterocycles. The van der Waals surface area contributed by atoms with Gasteiger partial charge in [-0.1, -0.05) is 30.0 Å². The summed E-state index contributed by atoms with van der Waals surface area (Å²) in [6, 6.07) is 12.7. The van der Waals surface area contributed by atoms with Crippen LogP contribution >= 0.6 is 11.8 Å². The van der Waals surface area contributed by atoms with Crippen molar-refractivity contribution in [1.82, 2.24) is 25.5 Å². The fourth-order valence-electron chi connectivity index (χ4n) is 2.32. The lowest BCUT2D eigenvalue weighted by Crippen LogP contribution is -2.31. The Morgan fingerprint density at radius 3 is 2.75 bits per heavy atom. The van der Waals surface area contributed by atoms with Gasteiger partial charge in [-0.05, 0) is 41.1 Å². The zero-order chi connectivity index (χ0) is 20.1. The Morgan fingerprint density at radius 2 is 2.00 bits per heavy atom. The maximum Gasteiger partial charge on any atom is 0.270 e. The van der Waals surface area contributed by atoms with E-state index in [9.17, 15) is 19.7 Å². The number of tetrazole rings is 1. The topological polar surface area (TPSA) is 133 Å². The van der Waals surface area contributed by atoms with E-state index in [0.29, 0.717) is 5.16 Å². The zero-order valence-corrected chi connectivity index (χ0v) is 15.4. The van der Waals surface area contributed by atoms with Gasteiger partial charge < -0.3 is 0 Å². The van der Waals surface area contributed by atoms with Crippen LogP contribution in [0.25, 0.3) is 5.69 Å². The van der Waals surface area contributed by atoms with Crippen molar-refractivity contribution in [1.29, 1.82) is 0 Å². The molecule has 0 atom stereocenters. The van der Waals surface area contributed by atoms with Crippen molar-refractivity contribution in [3.63, 3.8) is 0 Å². The second kappa shape index (κ2) is 8.39. The van der Waals surface area contributed by atoms with Crippen LogP contribution in [0.1, 0.15) is 15.9 Å². The molecule has 1 N–H and O–H groups in total. The summed E-state index contributed by atoms with van der Waals surface area (Å²) in [6.07, 6.45) is 0. The first kappa shape index (κ1) is 19.2. The Balaban J connectivity index is 1.62. The molecule has 0 radical (unpaired) electrons. The highest BCUT2D eigenvalue weighted by Gasteiger charge is 2.16. The number of hydrogen-bond donors (Lipinski definition) is 1. The van der Waals surface area contributed by atoms with Crippen molar-refractivity contribution in [2.45, 2.75) is 12.1 Å². The highest BCUT2D eigenvalue weighted by atomic mass is 32.2. The van der Waals surface area contributed by atoms with Crippen LogP contribution in [0.3, 0.4) is 0 Å². The van der Waals surface area contributed by atoms with Gasteiger partial charge in [0.2, 0.25) is 11.1 Å². The Bertz CT molecular complexity index is 1050. The number of nitrogens with one attached hydrogen (secondary N) is 1. The van der Waals surface area contributed by atoms with E-state index in [2.05, 4.69) is 20.8 Å². The highest BCUT2D eigenvalue weighted by molar-refractivity contribution is 7.99. The van der Waals surface area contributed by atoms with Crippen molar-refractivity contribution in [3.8, 4) is 5.69 Å². The molecular weight excluding hydrogens is 384 g/mol. The number of rotatable bonds is 6. The van der Waals surface area contributed by atoms with Crippen molar-refractivity contribution in [2.24, 2.45) is 0 Å². The van der Waals surface area contributed by atoms with Gasteiger partial charge in [0, 0.05) is 17.7 Å². The summed E-state index contributed by atoms with van der Waals surface area (Å²) in [5, 5.41) is 24.8. The number of amides is 2. The Hall–Kier alpha value is -3.60. The number of benzene rings is 2. The number of nitrogens with zero attached hydrogens (tertiary/aromatic N) is 5. The Kier molecular flexibility index (Phi) is 5.75. The lowest BCUT2D eigenvalue weighted by Gasteiger charge is -2.06. The number of hydrogen-bond acceptors (Lipinski definition) is 8. The zero-order valence-electron chi connectivity index (χ0n) is 14.6. The van der Waals surface area contributed by atoms with Crippen LogP contribution < -0.4 is 5.32 Å². The van der Waals surface area contributed by atoms with E-state index >= 15 is 0 Å². The van der Waals surface area contributed by atoms with Gasteiger partial charge >= 0.3 is 0 Å². The van der Waals surface area contributed by atoms with E-state index in [1.165, 1.54) is 22.9 Å². The summed E-state index contributed by atoms with van der Waals surface area (Å²) in [5.41, 5.74) is 1.58. The summed E-state index contributed by atoms with van der Waals surface area (Å²) in [7, 11) is 0. The predicted molar refractivity (Wildman–Crippen MR) is 100 cm³/mol. The van der Waals surface area contributed by atoms with Crippen molar-refractivity contribution >= 4 is 29.3 Å². The normalized spacial score (nSPS) is 10.5. The van der Waals surface area contributed by atoms with Gasteiger partial charge in [0.05, 0.1) is 16.4 Å². The summed E-state index contributed by atoms with van der Waals surface area (Å²) in [6.45, 7) is 1.94. The van der Waals surface area contributed by atoms with Crippen LogP contribution in [-0.4, -0.2) is 42.7 Å². The number of aryl methyl sites for hydroxylation is 1. The van der Waals surface area contributed by atoms with Gasteiger partial charge in [0.25, 0.3) is 11.6 Å². The van der Waals surface area contributed by atoms with Crippen LogP contribution in [0.15, 0.2) is 53.7 Å². The SMILES string of the molecule is Cc1cccc(-n2nnnc2SCC(=O)NC(=O)c2cccc([N+](=O)[O-])c2)c1. The molecular formula is C17H14N6O4S. The monoisotopic (exact) mass is 398 g/mol. The number of aromatic nitrogens is 4. The molecule has 11 heteroatoms. The first-order valence-electron chi connectivity index (χ1n) is 8.01. The van der Waals surface area contributed by atoms with Gasteiger partial charge in [-0.25, -0.2) is 0 Å². The van der Waals surface area contributed by atoms with Crippen LogP contribution in [0.2, 0.25) is 0 Å². The third kappa shape index (κ3) is 4.57. The van der Waals surface area contributed by atoms with Crippen LogP contribution in [0.5, 0.6) is 0 Å². The van der Waals surface area contributed by atoms with E-state index in [0.717, 1.165) is 29.1 Å². The fourth-order valence-corrected chi connectivity index (χ4v) is 3.01. The summed E-state index contributed by atoms with van der Waals surface area (Å²) < 4.78 is 1.49. The molecule has 0 spiro atoms. The van der Waals surface area contributed by atoms with E-state index in [1.807, 2.05) is 31.2 Å². The fraction of sp³-hybridized carbons (Fsp3) is 0.118. The molecule has 0 bridgehead atoms. The van der Waals surface area contributed by atoms with Gasteiger partial charge in [-0.2, -0.15) is 4.68 Å². The van der Waals surface area contributed by atoms with Crippen LogP contribution in [-0.2, 0) is 4.79 Å². The molecule has 2 aromatic carbocycles. The molecule has 0 aliphatic carbocycles. The molecule has 1 heterocycles. The van der Waals surface area contributed by atoms with Gasteiger partial charge in [-0.3, -0.25) is 25.0 Å². The van der Waals surface area contributed by atoms with E-state index in [-0.39, 0.29) is 17.0 Å². The minimum Gasteiger partial charge on any atom is -0.292 e. The first-order chi connectivity index (χ1) is 13.4. The molecule has 0 saturated carbocycles. The number of imide groups is 1. The minimum absolute atomic E-state index is 0.0251. The van der Waals surface area contributed by atoms with Crippen LogP contribution in [0, 0.1) is 17.0 Å². The quantitative estimate of drug-likeness (QED) is 0.378. The second-order valence-corrected chi connectivity index (χ2v) is 6.63. The van der Waals surface area contributed by atoms with Crippen molar-refractivity contribution in [3.05, 3.63) is 69.8 Å². The summed E-state index contributed by atoms with van der Waals surface area (Å²) in [4.78, 5) is 34.4. The molecule has 0 unspecified atom stereocenters. The average molecular weight is 398 g/mol. The second-order valence-electron chi connectivity index (χ2n) is 5.69. The predicted octanol–water partition coefficient (Wildman–Crippen LogP) is 1.93. The Morgan fingerprint density at radius 1 is 1.21 bits per heavy atom. The minimum atomic E-state index is -0.715. The van der Waals surface area contributed by atoms with E-state index in [1.54, 1.807) is 0 Å². The number of carbonyl (C=O) groups excluding carboxylic acids is 2. The summed E-state index contributed by atoms with van der Waals surface area (Å²) in [5.74, 6) is -1.39. The molecule has 2 amide bonds. The molecule has 1 aromatic heterocycles. The molecule has 142 valence electrons. The smallest absolute Gasteiger partial charge is 0.270 e. The Labute approximate surface area is 163 Å². The third-order valence-electron chi connectivity index (χ3n) is 3.59. The van der Waals surface area contributed by atoms with Crippen molar-refractivity contribution in [2.75, 3.05) is 5.75 Å². The number of thioether (sulfide) groups is 1. The number of carbonyl (C=O) groups is 2. The molecule has 0 aliphatic rings. The molecule has 10 nitrogen and oxygen atoms in total. The average Bonchev–Trinajstić information content (AvgIpc) is 3.15. The third-order valence-corrected chi connectivity index (χ3v) is 4.51. The molecule has 3 aromatic rings. The number of nitro groups is 1.